The SMILES string of the molecule is CCCOc1nc(Cl)nc(SC2CCCC2)n1. The topological polar surface area (TPSA) is 47.9 Å². The molecule has 0 bridgehead atoms. The smallest absolute Gasteiger partial charge is 0.321 e. The predicted octanol–water partition coefficient (Wildman–Crippen LogP) is 3.35. The second-order valence-electron chi connectivity index (χ2n) is 4.04. The summed E-state index contributed by atoms with van der Waals surface area (Å²) >= 11 is 7.55. The highest BCUT2D eigenvalue weighted by molar-refractivity contribution is 7.99. The Morgan fingerprint density at radius 3 is 2.76 bits per heavy atom. The molecule has 1 heterocycles. The maximum absolute atomic E-state index is 5.86. The fourth-order valence-electron chi connectivity index (χ4n) is 1.78. The van der Waals surface area contributed by atoms with Crippen LogP contribution in [0.15, 0.2) is 5.16 Å². The van der Waals surface area contributed by atoms with Crippen LogP contribution < -0.4 is 4.74 Å². The summed E-state index contributed by atoms with van der Waals surface area (Å²) in [6.07, 6.45) is 6.00. The van der Waals surface area contributed by atoms with Crippen LogP contribution in [0.4, 0.5) is 0 Å². The summed E-state index contributed by atoms with van der Waals surface area (Å²) in [5.41, 5.74) is 0. The molecule has 0 amide bonds. The first-order chi connectivity index (χ1) is 8.28. The van der Waals surface area contributed by atoms with Crippen LogP contribution in [-0.4, -0.2) is 26.8 Å². The molecular weight excluding hydrogens is 258 g/mol. The van der Waals surface area contributed by atoms with Gasteiger partial charge in [0.05, 0.1) is 6.61 Å². The van der Waals surface area contributed by atoms with Crippen molar-refractivity contribution in [3.63, 3.8) is 0 Å². The van der Waals surface area contributed by atoms with Gasteiger partial charge in [0.1, 0.15) is 0 Å². The standard InChI is InChI=1S/C11H16ClN3OS/c1-2-7-16-10-13-9(12)14-11(15-10)17-8-5-3-4-6-8/h8H,2-7H2,1H3. The molecule has 0 unspecified atom stereocenters. The number of thioether (sulfide) groups is 1. The largest absolute Gasteiger partial charge is 0.463 e. The third-order valence-electron chi connectivity index (χ3n) is 2.58. The maximum atomic E-state index is 5.86. The van der Waals surface area contributed by atoms with Crippen LogP contribution in [0.5, 0.6) is 6.01 Å². The third-order valence-corrected chi connectivity index (χ3v) is 3.94. The summed E-state index contributed by atoms with van der Waals surface area (Å²) in [7, 11) is 0. The molecule has 0 saturated heterocycles. The number of hydrogen-bond acceptors (Lipinski definition) is 5. The van der Waals surface area contributed by atoms with Gasteiger partial charge in [-0.25, -0.2) is 0 Å². The maximum Gasteiger partial charge on any atom is 0.321 e. The van der Waals surface area contributed by atoms with Crippen LogP contribution in [0, 0.1) is 0 Å². The van der Waals surface area contributed by atoms with E-state index in [4.69, 9.17) is 16.3 Å². The number of halogens is 1. The fourth-order valence-corrected chi connectivity index (χ4v) is 3.12. The lowest BCUT2D eigenvalue weighted by molar-refractivity contribution is 0.288. The van der Waals surface area contributed by atoms with E-state index in [1.54, 1.807) is 11.8 Å². The quantitative estimate of drug-likeness (QED) is 0.823. The Morgan fingerprint density at radius 1 is 1.29 bits per heavy atom. The zero-order chi connectivity index (χ0) is 12.1. The van der Waals surface area contributed by atoms with Gasteiger partial charge < -0.3 is 4.74 Å². The van der Waals surface area contributed by atoms with Crippen molar-refractivity contribution in [2.45, 2.75) is 49.4 Å². The summed E-state index contributed by atoms with van der Waals surface area (Å²) in [5.74, 6) is 0. The van der Waals surface area contributed by atoms with E-state index in [0.717, 1.165) is 6.42 Å². The molecule has 1 aliphatic carbocycles. The summed E-state index contributed by atoms with van der Waals surface area (Å²) in [4.78, 5) is 12.4. The lowest BCUT2D eigenvalue weighted by Crippen LogP contribution is -2.04. The molecule has 17 heavy (non-hydrogen) atoms. The highest BCUT2D eigenvalue weighted by atomic mass is 35.5. The molecule has 0 atom stereocenters. The summed E-state index contributed by atoms with van der Waals surface area (Å²) in [5, 5.41) is 1.52. The monoisotopic (exact) mass is 273 g/mol. The minimum absolute atomic E-state index is 0.214. The Kier molecular flexibility index (Phi) is 4.86. The van der Waals surface area contributed by atoms with Gasteiger partial charge in [0.15, 0.2) is 5.16 Å². The van der Waals surface area contributed by atoms with Crippen LogP contribution >= 0.6 is 23.4 Å². The summed E-state index contributed by atoms with van der Waals surface area (Å²) in [6, 6.07) is 0.340. The van der Waals surface area contributed by atoms with Gasteiger partial charge in [-0.1, -0.05) is 31.5 Å². The Labute approximate surface area is 111 Å². The van der Waals surface area contributed by atoms with Gasteiger partial charge in [-0.05, 0) is 30.9 Å². The lowest BCUT2D eigenvalue weighted by Gasteiger charge is -2.08. The molecule has 94 valence electrons. The normalized spacial score (nSPS) is 16.4. The van der Waals surface area contributed by atoms with Crippen molar-refractivity contribution in [3.8, 4) is 6.01 Å². The first kappa shape index (κ1) is 12.9. The molecule has 0 N–H and O–H groups in total. The molecule has 0 aliphatic heterocycles. The second-order valence-corrected chi connectivity index (χ2v) is 5.65. The van der Waals surface area contributed by atoms with E-state index in [2.05, 4.69) is 15.0 Å². The van der Waals surface area contributed by atoms with Crippen molar-refractivity contribution >= 4 is 23.4 Å². The molecule has 1 fully saturated rings. The first-order valence-corrected chi connectivity index (χ1v) is 7.24. The van der Waals surface area contributed by atoms with Gasteiger partial charge in [0.2, 0.25) is 5.28 Å². The van der Waals surface area contributed by atoms with Gasteiger partial charge in [-0.15, -0.1) is 0 Å². The van der Waals surface area contributed by atoms with Crippen LogP contribution in [-0.2, 0) is 0 Å². The van der Waals surface area contributed by atoms with E-state index in [1.165, 1.54) is 25.7 Å². The second kappa shape index (κ2) is 6.40. The number of hydrogen-bond donors (Lipinski definition) is 0. The van der Waals surface area contributed by atoms with E-state index in [-0.39, 0.29) is 5.28 Å². The van der Waals surface area contributed by atoms with Gasteiger partial charge in [-0.3, -0.25) is 0 Å². The van der Waals surface area contributed by atoms with E-state index < -0.39 is 0 Å². The lowest BCUT2D eigenvalue weighted by atomic mass is 10.4. The molecule has 1 aliphatic rings. The molecule has 0 aromatic carbocycles. The summed E-state index contributed by atoms with van der Waals surface area (Å²) in [6.45, 7) is 2.64. The van der Waals surface area contributed by atoms with Crippen molar-refractivity contribution in [1.82, 2.24) is 15.0 Å². The molecular formula is C11H16ClN3OS. The van der Waals surface area contributed by atoms with E-state index in [0.29, 0.717) is 23.0 Å². The van der Waals surface area contributed by atoms with Crippen molar-refractivity contribution in [1.29, 1.82) is 0 Å². The number of rotatable bonds is 5. The van der Waals surface area contributed by atoms with Crippen LogP contribution in [0.25, 0.3) is 0 Å². The molecule has 1 aromatic rings. The van der Waals surface area contributed by atoms with Gasteiger partial charge >= 0.3 is 6.01 Å². The van der Waals surface area contributed by atoms with Crippen molar-refractivity contribution in [3.05, 3.63) is 5.28 Å². The zero-order valence-electron chi connectivity index (χ0n) is 9.86. The first-order valence-electron chi connectivity index (χ1n) is 5.99. The van der Waals surface area contributed by atoms with Crippen molar-refractivity contribution < 1.29 is 4.74 Å². The molecule has 4 nitrogen and oxygen atoms in total. The Hall–Kier alpha value is -0.550. The van der Waals surface area contributed by atoms with Gasteiger partial charge in [-0.2, -0.15) is 15.0 Å². The Morgan fingerprint density at radius 2 is 2.06 bits per heavy atom. The third kappa shape index (κ3) is 4.00. The van der Waals surface area contributed by atoms with Crippen LogP contribution in [0.3, 0.4) is 0 Å². The van der Waals surface area contributed by atoms with Gasteiger partial charge in [0, 0.05) is 5.25 Å². The van der Waals surface area contributed by atoms with E-state index in [1.807, 2.05) is 6.92 Å². The van der Waals surface area contributed by atoms with Crippen molar-refractivity contribution in [2.75, 3.05) is 6.61 Å². The Balaban J connectivity index is 2.02. The molecule has 1 aromatic heterocycles. The Bertz CT molecular complexity index is 372. The highest BCUT2D eigenvalue weighted by Crippen LogP contribution is 2.33. The average molecular weight is 274 g/mol. The van der Waals surface area contributed by atoms with E-state index in [9.17, 15) is 0 Å². The molecule has 1 saturated carbocycles. The van der Waals surface area contributed by atoms with Crippen LogP contribution in [0.1, 0.15) is 39.0 Å². The molecule has 0 spiro atoms. The molecule has 2 rings (SSSR count). The molecule has 0 radical (unpaired) electrons. The molecule has 6 heteroatoms. The minimum Gasteiger partial charge on any atom is -0.463 e. The van der Waals surface area contributed by atoms with E-state index >= 15 is 0 Å². The highest BCUT2D eigenvalue weighted by Gasteiger charge is 2.18. The zero-order valence-corrected chi connectivity index (χ0v) is 11.4. The van der Waals surface area contributed by atoms with Crippen molar-refractivity contribution in [2.24, 2.45) is 0 Å². The predicted molar refractivity (Wildman–Crippen MR) is 68.7 cm³/mol. The number of aromatic nitrogens is 3. The summed E-state index contributed by atoms with van der Waals surface area (Å²) < 4.78 is 5.38. The number of nitrogens with zero attached hydrogens (tertiary/aromatic N) is 3. The van der Waals surface area contributed by atoms with Crippen LogP contribution in [0.2, 0.25) is 5.28 Å². The average Bonchev–Trinajstić information content (AvgIpc) is 2.78. The van der Waals surface area contributed by atoms with Gasteiger partial charge in [0.25, 0.3) is 0 Å². The number of ether oxygens (including phenoxy) is 1. The minimum atomic E-state index is 0.214. The fraction of sp³-hybridized carbons (Fsp3) is 0.727.